The van der Waals surface area contributed by atoms with Gasteiger partial charge in [-0.05, 0) is 30.7 Å². The third-order valence-corrected chi connectivity index (χ3v) is 3.30. The van der Waals surface area contributed by atoms with Crippen LogP contribution in [0.4, 0.5) is 0 Å². The van der Waals surface area contributed by atoms with Crippen molar-refractivity contribution >= 4 is 11.0 Å². The molecule has 4 heteroatoms. The topological polar surface area (TPSA) is 48.7 Å². The van der Waals surface area contributed by atoms with Crippen LogP contribution in [0.2, 0.25) is 0 Å². The molecule has 1 aromatic heterocycles. The average Bonchev–Trinajstić information content (AvgIpc) is 2.54. The molecule has 0 aliphatic rings. The second kappa shape index (κ2) is 6.45. The van der Waals surface area contributed by atoms with Gasteiger partial charge in [-0.15, -0.1) is 0 Å². The molecule has 0 bridgehead atoms. The Balaban J connectivity index is 1.62. The fourth-order valence-electron chi connectivity index (χ4n) is 2.13. The zero-order valence-corrected chi connectivity index (χ0v) is 12.2. The Labute approximate surface area is 127 Å². The summed E-state index contributed by atoms with van der Waals surface area (Å²) in [4.78, 5) is 11.5. The largest absolute Gasteiger partial charge is 0.467 e. The van der Waals surface area contributed by atoms with Gasteiger partial charge in [0.15, 0.2) is 6.79 Å². The molecule has 112 valence electrons. The number of benzene rings is 2. The van der Waals surface area contributed by atoms with Gasteiger partial charge in [-0.1, -0.05) is 30.3 Å². The predicted molar refractivity (Wildman–Crippen MR) is 83.9 cm³/mol. The summed E-state index contributed by atoms with van der Waals surface area (Å²) in [7, 11) is 0. The molecule has 0 unspecified atom stereocenters. The molecule has 4 nitrogen and oxygen atoms in total. The number of rotatable bonds is 5. The Bertz CT molecular complexity index is 821. The third-order valence-electron chi connectivity index (χ3n) is 3.30. The second-order valence-electron chi connectivity index (χ2n) is 5.01. The van der Waals surface area contributed by atoms with Gasteiger partial charge in [0.25, 0.3) is 0 Å². The second-order valence-corrected chi connectivity index (χ2v) is 5.01. The maximum Gasteiger partial charge on any atom is 0.339 e. The van der Waals surface area contributed by atoms with Crippen LogP contribution >= 0.6 is 0 Å². The number of hydrogen-bond donors (Lipinski definition) is 0. The summed E-state index contributed by atoms with van der Waals surface area (Å²) in [5.74, 6) is 0.604. The van der Waals surface area contributed by atoms with Gasteiger partial charge in [-0.25, -0.2) is 4.79 Å². The summed E-state index contributed by atoms with van der Waals surface area (Å²) in [6.45, 7) is 2.35. The van der Waals surface area contributed by atoms with Crippen molar-refractivity contribution in [2.24, 2.45) is 0 Å². The van der Waals surface area contributed by atoms with Gasteiger partial charge in [-0.2, -0.15) is 0 Å². The van der Waals surface area contributed by atoms with Crippen molar-refractivity contribution in [3.8, 4) is 5.75 Å². The first kappa shape index (κ1) is 14.4. The Morgan fingerprint density at radius 1 is 1.05 bits per heavy atom. The Kier molecular flexibility index (Phi) is 4.21. The van der Waals surface area contributed by atoms with E-state index in [4.69, 9.17) is 13.9 Å². The minimum atomic E-state index is -0.329. The van der Waals surface area contributed by atoms with Crippen LogP contribution in [0.25, 0.3) is 11.0 Å². The van der Waals surface area contributed by atoms with Crippen LogP contribution in [0, 0.1) is 6.92 Å². The van der Waals surface area contributed by atoms with Gasteiger partial charge >= 0.3 is 5.63 Å². The van der Waals surface area contributed by atoms with Crippen LogP contribution in [-0.4, -0.2) is 6.79 Å². The van der Waals surface area contributed by atoms with E-state index in [1.807, 2.05) is 42.5 Å². The van der Waals surface area contributed by atoms with Crippen molar-refractivity contribution in [1.82, 2.24) is 0 Å². The van der Waals surface area contributed by atoms with Gasteiger partial charge in [0.2, 0.25) is 0 Å². The van der Waals surface area contributed by atoms with E-state index >= 15 is 0 Å². The normalized spacial score (nSPS) is 10.8. The lowest BCUT2D eigenvalue weighted by molar-refractivity contribution is 0.00508. The lowest BCUT2D eigenvalue weighted by Gasteiger charge is -2.08. The molecule has 2 aromatic carbocycles. The number of fused-ring (bicyclic) bond motifs is 1. The van der Waals surface area contributed by atoms with Gasteiger partial charge < -0.3 is 13.9 Å². The molecule has 0 radical (unpaired) electrons. The molecule has 3 aromatic rings. The quantitative estimate of drug-likeness (QED) is 0.409. The minimum Gasteiger partial charge on any atom is -0.467 e. The molecule has 0 atom stereocenters. The monoisotopic (exact) mass is 296 g/mol. The number of ether oxygens (including phenoxy) is 2. The SMILES string of the molecule is Cc1cc2ccc(OCOCc3ccccc3)cc2oc1=O. The highest BCUT2D eigenvalue weighted by Crippen LogP contribution is 2.20. The summed E-state index contributed by atoms with van der Waals surface area (Å²) in [5.41, 5.74) is 1.86. The van der Waals surface area contributed by atoms with Gasteiger partial charge in [-0.3, -0.25) is 0 Å². The molecule has 0 fully saturated rings. The molecule has 0 amide bonds. The molecule has 0 aliphatic carbocycles. The van der Waals surface area contributed by atoms with Crippen LogP contribution in [0.1, 0.15) is 11.1 Å². The van der Waals surface area contributed by atoms with E-state index in [-0.39, 0.29) is 12.4 Å². The van der Waals surface area contributed by atoms with Crippen LogP contribution in [0.3, 0.4) is 0 Å². The van der Waals surface area contributed by atoms with E-state index in [0.29, 0.717) is 23.5 Å². The highest BCUT2D eigenvalue weighted by atomic mass is 16.7. The molecule has 0 saturated heterocycles. The molecule has 0 saturated carbocycles. The van der Waals surface area contributed by atoms with E-state index in [1.54, 1.807) is 19.1 Å². The van der Waals surface area contributed by atoms with Crippen molar-refractivity contribution in [1.29, 1.82) is 0 Å². The van der Waals surface area contributed by atoms with Crippen molar-refractivity contribution in [2.45, 2.75) is 13.5 Å². The Hall–Kier alpha value is -2.59. The molecule has 0 N–H and O–H groups in total. The number of hydrogen-bond acceptors (Lipinski definition) is 4. The Morgan fingerprint density at radius 3 is 2.68 bits per heavy atom. The Morgan fingerprint density at radius 2 is 1.86 bits per heavy atom. The van der Waals surface area contributed by atoms with Gasteiger partial charge in [0, 0.05) is 17.0 Å². The summed E-state index contributed by atoms with van der Waals surface area (Å²) in [5, 5.41) is 0.870. The van der Waals surface area contributed by atoms with E-state index in [2.05, 4.69) is 0 Å². The highest BCUT2D eigenvalue weighted by molar-refractivity contribution is 5.78. The van der Waals surface area contributed by atoms with Crippen molar-refractivity contribution < 1.29 is 13.9 Å². The van der Waals surface area contributed by atoms with E-state index in [9.17, 15) is 4.79 Å². The summed E-state index contributed by atoms with van der Waals surface area (Å²) >= 11 is 0. The summed E-state index contributed by atoms with van der Waals surface area (Å²) in [6.07, 6.45) is 0. The molecular weight excluding hydrogens is 280 g/mol. The maximum absolute atomic E-state index is 11.5. The molecule has 1 heterocycles. The lowest BCUT2D eigenvalue weighted by Crippen LogP contribution is -2.04. The summed E-state index contributed by atoms with van der Waals surface area (Å²) < 4.78 is 16.2. The van der Waals surface area contributed by atoms with Crippen LogP contribution in [0.5, 0.6) is 5.75 Å². The first-order valence-electron chi connectivity index (χ1n) is 7.01. The molecular formula is C18H16O4. The molecule has 0 aliphatic heterocycles. The fraction of sp³-hybridized carbons (Fsp3) is 0.167. The summed E-state index contributed by atoms with van der Waals surface area (Å²) in [6, 6.07) is 17.1. The molecule has 3 rings (SSSR count). The van der Waals surface area contributed by atoms with Crippen molar-refractivity contribution in [3.05, 3.63) is 76.1 Å². The lowest BCUT2D eigenvalue weighted by atomic mass is 10.2. The zero-order valence-electron chi connectivity index (χ0n) is 12.2. The minimum absolute atomic E-state index is 0.135. The van der Waals surface area contributed by atoms with Crippen LogP contribution in [0.15, 0.2) is 63.8 Å². The molecule has 0 spiro atoms. The van der Waals surface area contributed by atoms with Crippen LogP contribution in [-0.2, 0) is 11.3 Å². The first-order valence-corrected chi connectivity index (χ1v) is 7.01. The zero-order chi connectivity index (χ0) is 15.4. The van der Waals surface area contributed by atoms with E-state index < -0.39 is 0 Å². The fourth-order valence-corrected chi connectivity index (χ4v) is 2.13. The highest BCUT2D eigenvalue weighted by Gasteiger charge is 2.03. The first-order chi connectivity index (χ1) is 10.7. The van der Waals surface area contributed by atoms with Crippen molar-refractivity contribution in [2.75, 3.05) is 6.79 Å². The molecule has 22 heavy (non-hydrogen) atoms. The van der Waals surface area contributed by atoms with Gasteiger partial charge in [0.1, 0.15) is 11.3 Å². The number of aryl methyl sites for hydroxylation is 1. The average molecular weight is 296 g/mol. The van der Waals surface area contributed by atoms with E-state index in [1.165, 1.54) is 0 Å². The van der Waals surface area contributed by atoms with Crippen LogP contribution < -0.4 is 10.4 Å². The third kappa shape index (κ3) is 3.35. The van der Waals surface area contributed by atoms with Crippen molar-refractivity contribution in [3.63, 3.8) is 0 Å². The predicted octanol–water partition coefficient (Wildman–Crippen LogP) is 3.65. The maximum atomic E-state index is 11.5. The smallest absolute Gasteiger partial charge is 0.339 e. The van der Waals surface area contributed by atoms with Gasteiger partial charge in [0.05, 0.1) is 6.61 Å². The van der Waals surface area contributed by atoms with E-state index in [0.717, 1.165) is 10.9 Å². The standard InChI is InChI=1S/C18H16O4/c1-13-9-15-7-8-16(10-17(15)22-18(13)19)21-12-20-11-14-5-3-2-4-6-14/h2-10H,11-12H2,1H3.